The molecule has 1 aliphatic rings. The normalized spacial score (nSPS) is 21.1. The van der Waals surface area contributed by atoms with Crippen LogP contribution in [0.4, 0.5) is 8.78 Å². The van der Waals surface area contributed by atoms with Gasteiger partial charge < -0.3 is 10.2 Å². The highest BCUT2D eigenvalue weighted by molar-refractivity contribution is 5.23. The van der Waals surface area contributed by atoms with Gasteiger partial charge in [-0.1, -0.05) is 32.9 Å². The molecule has 4 heteroatoms. The topological polar surface area (TPSA) is 15.3 Å². The van der Waals surface area contributed by atoms with Crippen LogP contribution in [0, 0.1) is 23.5 Å². The van der Waals surface area contributed by atoms with Crippen molar-refractivity contribution in [2.45, 2.75) is 33.2 Å². The fourth-order valence-electron chi connectivity index (χ4n) is 3.14. The maximum absolute atomic E-state index is 14.0. The largest absolute Gasteiger partial charge is 0.309 e. The third-order valence-corrected chi connectivity index (χ3v) is 4.50. The van der Waals surface area contributed by atoms with E-state index in [0.29, 0.717) is 17.4 Å². The summed E-state index contributed by atoms with van der Waals surface area (Å²) in [5.74, 6) is -0.0944. The second-order valence-electron chi connectivity index (χ2n) is 6.31. The molecule has 1 aromatic carbocycles. The molecule has 1 fully saturated rings. The summed E-state index contributed by atoms with van der Waals surface area (Å²) in [6, 6.07) is 4.28. The first kappa shape index (κ1) is 16.4. The molecule has 0 aromatic heterocycles. The van der Waals surface area contributed by atoms with Crippen LogP contribution in [0.2, 0.25) is 0 Å². The number of rotatable bonds is 6. The Morgan fingerprint density at radius 1 is 1.33 bits per heavy atom. The SMILES string of the molecule is CCNC(CN1CCC(C(C)C)C1)c1cccc(F)c1F. The molecule has 0 amide bonds. The maximum Gasteiger partial charge on any atom is 0.163 e. The molecule has 118 valence electrons. The Hall–Kier alpha value is -1.00. The molecule has 2 unspecified atom stereocenters. The molecule has 1 saturated heterocycles. The summed E-state index contributed by atoms with van der Waals surface area (Å²) < 4.78 is 27.5. The molecule has 1 N–H and O–H groups in total. The van der Waals surface area contributed by atoms with Gasteiger partial charge in [0.2, 0.25) is 0 Å². The molecule has 21 heavy (non-hydrogen) atoms. The van der Waals surface area contributed by atoms with E-state index >= 15 is 0 Å². The Kier molecular flexibility index (Phi) is 5.71. The molecule has 2 atom stereocenters. The third kappa shape index (κ3) is 4.01. The number of benzene rings is 1. The summed E-state index contributed by atoms with van der Waals surface area (Å²) in [4.78, 5) is 2.36. The maximum atomic E-state index is 14.0. The van der Waals surface area contributed by atoms with Crippen LogP contribution in [0.25, 0.3) is 0 Å². The molecule has 0 radical (unpaired) electrons. The minimum absolute atomic E-state index is 0.156. The van der Waals surface area contributed by atoms with Crippen LogP contribution in [0.1, 0.15) is 38.8 Å². The van der Waals surface area contributed by atoms with Gasteiger partial charge in [-0.05, 0) is 37.4 Å². The van der Waals surface area contributed by atoms with Crippen molar-refractivity contribution >= 4 is 0 Å². The van der Waals surface area contributed by atoms with Crippen LogP contribution >= 0.6 is 0 Å². The van der Waals surface area contributed by atoms with E-state index in [1.165, 1.54) is 12.5 Å². The standard InChI is InChI=1S/C17H26F2N2/c1-4-20-16(14-6-5-7-15(18)17(14)19)11-21-9-8-13(10-21)12(2)3/h5-7,12-13,16,20H,4,8-11H2,1-3H3. The smallest absolute Gasteiger partial charge is 0.163 e. The summed E-state index contributed by atoms with van der Waals surface area (Å²) in [5, 5.41) is 3.29. The number of hydrogen-bond acceptors (Lipinski definition) is 2. The first-order chi connectivity index (χ1) is 10.0. The van der Waals surface area contributed by atoms with E-state index in [1.807, 2.05) is 6.92 Å². The molecule has 0 spiro atoms. The van der Waals surface area contributed by atoms with Crippen LogP contribution in [0.3, 0.4) is 0 Å². The van der Waals surface area contributed by atoms with E-state index in [-0.39, 0.29) is 6.04 Å². The van der Waals surface area contributed by atoms with Crippen molar-refractivity contribution in [1.82, 2.24) is 10.2 Å². The van der Waals surface area contributed by atoms with E-state index in [0.717, 1.165) is 26.2 Å². The predicted octanol–water partition coefficient (Wildman–Crippen LogP) is 3.59. The van der Waals surface area contributed by atoms with Crippen molar-refractivity contribution in [2.75, 3.05) is 26.2 Å². The average molecular weight is 296 g/mol. The summed E-state index contributed by atoms with van der Waals surface area (Å²) in [7, 11) is 0. The van der Waals surface area contributed by atoms with Gasteiger partial charge in [0.05, 0.1) is 0 Å². The highest BCUT2D eigenvalue weighted by Gasteiger charge is 2.28. The quantitative estimate of drug-likeness (QED) is 0.863. The molecule has 0 saturated carbocycles. The first-order valence-corrected chi connectivity index (χ1v) is 7.92. The zero-order valence-electron chi connectivity index (χ0n) is 13.2. The second kappa shape index (κ2) is 7.32. The third-order valence-electron chi connectivity index (χ3n) is 4.50. The first-order valence-electron chi connectivity index (χ1n) is 7.92. The van der Waals surface area contributed by atoms with Crippen molar-refractivity contribution in [1.29, 1.82) is 0 Å². The van der Waals surface area contributed by atoms with E-state index < -0.39 is 11.6 Å². The predicted molar refractivity (Wildman–Crippen MR) is 82.2 cm³/mol. The molecular formula is C17H26F2N2. The van der Waals surface area contributed by atoms with Gasteiger partial charge in [0.1, 0.15) is 0 Å². The van der Waals surface area contributed by atoms with Crippen molar-refractivity contribution in [3.05, 3.63) is 35.4 Å². The molecular weight excluding hydrogens is 270 g/mol. The molecule has 1 heterocycles. The van der Waals surface area contributed by atoms with Crippen LogP contribution in [0.5, 0.6) is 0 Å². The Balaban J connectivity index is 2.08. The number of likely N-dealkylation sites (N-methyl/N-ethyl adjacent to an activating group) is 1. The van der Waals surface area contributed by atoms with Crippen LogP contribution in [-0.2, 0) is 0 Å². The van der Waals surface area contributed by atoms with Gasteiger partial charge in [-0.25, -0.2) is 8.78 Å². The lowest BCUT2D eigenvalue weighted by molar-refractivity contribution is 0.268. The van der Waals surface area contributed by atoms with Crippen LogP contribution < -0.4 is 5.32 Å². The highest BCUT2D eigenvalue weighted by Crippen LogP contribution is 2.27. The lowest BCUT2D eigenvalue weighted by Crippen LogP contribution is -2.35. The zero-order valence-corrected chi connectivity index (χ0v) is 13.2. The minimum atomic E-state index is -0.767. The summed E-state index contributed by atoms with van der Waals surface area (Å²) in [6.07, 6.45) is 1.20. The van der Waals surface area contributed by atoms with Gasteiger partial charge in [0.15, 0.2) is 11.6 Å². The fourth-order valence-corrected chi connectivity index (χ4v) is 3.14. The summed E-state index contributed by atoms with van der Waals surface area (Å²) >= 11 is 0. The van der Waals surface area contributed by atoms with Gasteiger partial charge in [0, 0.05) is 24.7 Å². The zero-order chi connectivity index (χ0) is 15.4. The molecule has 2 rings (SSSR count). The van der Waals surface area contributed by atoms with E-state index in [4.69, 9.17) is 0 Å². The van der Waals surface area contributed by atoms with Crippen molar-refractivity contribution in [2.24, 2.45) is 11.8 Å². The molecule has 1 aliphatic heterocycles. The second-order valence-corrected chi connectivity index (χ2v) is 6.31. The Bertz CT molecular complexity index is 462. The monoisotopic (exact) mass is 296 g/mol. The van der Waals surface area contributed by atoms with E-state index in [1.54, 1.807) is 12.1 Å². The number of nitrogens with zero attached hydrogens (tertiary/aromatic N) is 1. The van der Waals surface area contributed by atoms with Gasteiger partial charge in [-0.2, -0.15) is 0 Å². The lowest BCUT2D eigenvalue weighted by Gasteiger charge is -2.25. The Morgan fingerprint density at radius 3 is 2.71 bits per heavy atom. The molecule has 0 bridgehead atoms. The molecule has 2 nitrogen and oxygen atoms in total. The molecule has 1 aromatic rings. The Morgan fingerprint density at radius 2 is 2.10 bits per heavy atom. The van der Waals surface area contributed by atoms with Crippen molar-refractivity contribution in [3.8, 4) is 0 Å². The van der Waals surface area contributed by atoms with E-state index in [2.05, 4.69) is 24.1 Å². The van der Waals surface area contributed by atoms with Gasteiger partial charge in [-0.3, -0.25) is 0 Å². The number of hydrogen-bond donors (Lipinski definition) is 1. The van der Waals surface area contributed by atoms with Gasteiger partial charge >= 0.3 is 0 Å². The Labute approximate surface area is 126 Å². The van der Waals surface area contributed by atoms with Crippen molar-refractivity contribution in [3.63, 3.8) is 0 Å². The molecule has 0 aliphatic carbocycles. The summed E-state index contributed by atoms with van der Waals surface area (Å²) in [6.45, 7) is 10.1. The number of nitrogens with one attached hydrogen (secondary N) is 1. The van der Waals surface area contributed by atoms with E-state index in [9.17, 15) is 8.78 Å². The lowest BCUT2D eigenvalue weighted by atomic mass is 9.95. The van der Waals surface area contributed by atoms with Gasteiger partial charge in [-0.15, -0.1) is 0 Å². The van der Waals surface area contributed by atoms with Gasteiger partial charge in [0.25, 0.3) is 0 Å². The van der Waals surface area contributed by atoms with Crippen LogP contribution in [-0.4, -0.2) is 31.1 Å². The minimum Gasteiger partial charge on any atom is -0.309 e. The van der Waals surface area contributed by atoms with Crippen LogP contribution in [0.15, 0.2) is 18.2 Å². The number of likely N-dealkylation sites (tertiary alicyclic amines) is 1. The number of halogens is 2. The fraction of sp³-hybridized carbons (Fsp3) is 0.647. The van der Waals surface area contributed by atoms with Crippen molar-refractivity contribution < 1.29 is 8.78 Å². The highest BCUT2D eigenvalue weighted by atomic mass is 19.2. The summed E-state index contributed by atoms with van der Waals surface area (Å²) in [5.41, 5.74) is 0.435. The average Bonchev–Trinajstić information content (AvgIpc) is 2.90.